The molecule has 2 aliphatic rings. The topological polar surface area (TPSA) is 27.7 Å². The van der Waals surface area contributed by atoms with Crippen molar-refractivity contribution in [3.63, 3.8) is 0 Å². The third-order valence-electron chi connectivity index (χ3n) is 7.65. The Bertz CT molecular complexity index is 889. The molecule has 1 saturated heterocycles. The van der Waals surface area contributed by atoms with Crippen molar-refractivity contribution < 1.29 is 13.7 Å². The van der Waals surface area contributed by atoms with E-state index in [0.29, 0.717) is 11.8 Å². The van der Waals surface area contributed by atoms with Crippen LogP contribution in [0.5, 0.6) is 0 Å². The normalized spacial score (nSPS) is 27.2. The SMILES string of the molecule is C/C(=C\B1OC(C)(C)C(C)(C)O1)[C@@H]1CC[C@@H](C)C[C@H]1O[Si](c1ccccc1)c1ccccc1. The van der Waals surface area contributed by atoms with Crippen LogP contribution in [0, 0.1) is 11.8 Å². The summed E-state index contributed by atoms with van der Waals surface area (Å²) in [7, 11) is -1.64. The third kappa shape index (κ3) is 5.54. The van der Waals surface area contributed by atoms with E-state index >= 15 is 0 Å². The summed E-state index contributed by atoms with van der Waals surface area (Å²) in [6, 6.07) is 21.5. The van der Waals surface area contributed by atoms with Crippen LogP contribution in [0.2, 0.25) is 0 Å². The average molecular weight is 462 g/mol. The summed E-state index contributed by atoms with van der Waals surface area (Å²) in [5.74, 6) is 3.25. The zero-order chi connectivity index (χ0) is 23.6. The highest BCUT2D eigenvalue weighted by Gasteiger charge is 2.50. The second-order valence-electron chi connectivity index (χ2n) is 10.8. The zero-order valence-corrected chi connectivity index (χ0v) is 22.0. The zero-order valence-electron chi connectivity index (χ0n) is 21.0. The van der Waals surface area contributed by atoms with E-state index in [0.717, 1.165) is 12.8 Å². The molecule has 1 heterocycles. The first-order valence-electron chi connectivity index (χ1n) is 12.3. The summed E-state index contributed by atoms with van der Waals surface area (Å²) < 4.78 is 19.6. The monoisotopic (exact) mass is 461 g/mol. The smallest absolute Gasteiger partial charge is 0.404 e. The molecule has 2 aromatic carbocycles. The summed E-state index contributed by atoms with van der Waals surface area (Å²) in [6.07, 6.45) is 3.67. The van der Waals surface area contributed by atoms with Crippen molar-refractivity contribution >= 4 is 26.5 Å². The van der Waals surface area contributed by atoms with Crippen molar-refractivity contribution in [2.24, 2.45) is 11.8 Å². The fourth-order valence-electron chi connectivity index (χ4n) is 4.91. The molecule has 0 N–H and O–H groups in total. The van der Waals surface area contributed by atoms with Crippen molar-refractivity contribution in [2.75, 3.05) is 0 Å². The number of rotatable bonds is 6. The van der Waals surface area contributed by atoms with Gasteiger partial charge in [-0.1, -0.05) is 79.1 Å². The molecular formula is C28H38BO3Si. The second-order valence-corrected chi connectivity index (χ2v) is 12.8. The van der Waals surface area contributed by atoms with E-state index in [4.69, 9.17) is 13.7 Å². The minimum absolute atomic E-state index is 0.196. The maximum Gasteiger partial charge on any atom is 0.487 e. The van der Waals surface area contributed by atoms with Crippen LogP contribution in [0.1, 0.15) is 60.8 Å². The van der Waals surface area contributed by atoms with Gasteiger partial charge in [0.2, 0.25) is 0 Å². The van der Waals surface area contributed by atoms with Crippen molar-refractivity contribution in [2.45, 2.75) is 78.1 Å². The van der Waals surface area contributed by atoms with Crippen LogP contribution in [0.4, 0.5) is 0 Å². The quantitative estimate of drug-likeness (QED) is 0.554. The molecule has 0 bridgehead atoms. The van der Waals surface area contributed by atoms with E-state index in [2.05, 4.69) is 108 Å². The van der Waals surface area contributed by atoms with Gasteiger partial charge in [-0.2, -0.15) is 0 Å². The molecule has 0 unspecified atom stereocenters. The van der Waals surface area contributed by atoms with Gasteiger partial charge in [0.1, 0.15) is 0 Å². The van der Waals surface area contributed by atoms with E-state index in [1.54, 1.807) is 0 Å². The molecule has 4 rings (SSSR count). The molecule has 1 aliphatic carbocycles. The Morgan fingerprint density at radius 2 is 1.42 bits per heavy atom. The Morgan fingerprint density at radius 1 is 0.909 bits per heavy atom. The van der Waals surface area contributed by atoms with Crippen molar-refractivity contribution in [1.82, 2.24) is 0 Å². The maximum absolute atomic E-state index is 7.09. The fourth-order valence-corrected chi connectivity index (χ4v) is 7.07. The molecule has 175 valence electrons. The maximum atomic E-state index is 7.09. The number of benzene rings is 2. The second kappa shape index (κ2) is 9.91. The van der Waals surface area contributed by atoms with E-state index in [9.17, 15) is 0 Å². The van der Waals surface area contributed by atoms with Crippen LogP contribution in [-0.2, 0) is 13.7 Å². The molecule has 3 atom stereocenters. The van der Waals surface area contributed by atoms with Gasteiger partial charge in [-0.15, -0.1) is 0 Å². The predicted molar refractivity (Wildman–Crippen MR) is 139 cm³/mol. The first kappa shape index (κ1) is 24.5. The lowest BCUT2D eigenvalue weighted by Crippen LogP contribution is -2.49. The molecule has 2 aromatic rings. The van der Waals surface area contributed by atoms with Gasteiger partial charge < -0.3 is 13.7 Å². The Balaban J connectivity index is 1.59. The summed E-state index contributed by atoms with van der Waals surface area (Å²) in [4.78, 5) is 0. The molecule has 1 saturated carbocycles. The average Bonchev–Trinajstić information content (AvgIpc) is 2.98. The van der Waals surface area contributed by atoms with Gasteiger partial charge in [0.15, 0.2) is 0 Å². The van der Waals surface area contributed by atoms with Gasteiger partial charge >= 0.3 is 7.12 Å². The molecule has 1 aliphatic heterocycles. The highest BCUT2D eigenvalue weighted by molar-refractivity contribution is 6.80. The molecule has 0 amide bonds. The molecule has 33 heavy (non-hydrogen) atoms. The Morgan fingerprint density at radius 3 is 1.94 bits per heavy atom. The van der Waals surface area contributed by atoms with Gasteiger partial charge in [0.05, 0.1) is 17.3 Å². The summed E-state index contributed by atoms with van der Waals surface area (Å²) >= 11 is 0. The Hall–Kier alpha value is -1.66. The highest BCUT2D eigenvalue weighted by Crippen LogP contribution is 2.39. The lowest BCUT2D eigenvalue weighted by Gasteiger charge is -2.38. The van der Waals surface area contributed by atoms with Gasteiger partial charge in [-0.3, -0.25) is 0 Å². The van der Waals surface area contributed by atoms with Crippen LogP contribution in [-0.4, -0.2) is 33.5 Å². The van der Waals surface area contributed by atoms with Crippen molar-refractivity contribution in [1.29, 1.82) is 0 Å². The third-order valence-corrected chi connectivity index (χ3v) is 9.90. The molecule has 0 spiro atoms. The van der Waals surface area contributed by atoms with E-state index in [-0.39, 0.29) is 24.4 Å². The standard InChI is InChI=1S/C28H38BO3Si/c1-21-17-18-25(22(2)20-29-31-27(3,4)28(5,6)32-29)26(19-21)30-33(23-13-9-7-10-14-23)24-15-11-8-12-16-24/h7-16,20-21,25-26H,17-19H2,1-6H3/b22-20+/t21-,25+,26-/m1/s1. The molecular weight excluding hydrogens is 423 g/mol. The number of hydrogen-bond donors (Lipinski definition) is 0. The first-order chi connectivity index (χ1) is 15.7. The molecule has 2 fully saturated rings. The van der Waals surface area contributed by atoms with Crippen LogP contribution in [0.3, 0.4) is 0 Å². The Kier molecular flexibility index (Phi) is 7.35. The minimum atomic E-state index is -1.34. The summed E-state index contributed by atoms with van der Waals surface area (Å²) in [6.45, 7) is 13.0. The number of hydrogen-bond acceptors (Lipinski definition) is 3. The molecule has 1 radical (unpaired) electrons. The van der Waals surface area contributed by atoms with Crippen LogP contribution >= 0.6 is 0 Å². The van der Waals surface area contributed by atoms with Gasteiger partial charge in [-0.05, 0) is 70.2 Å². The summed E-state index contributed by atoms with van der Waals surface area (Å²) in [5, 5.41) is 2.61. The lowest BCUT2D eigenvalue weighted by molar-refractivity contribution is 0.00578. The fraction of sp³-hybridized carbons (Fsp3) is 0.500. The van der Waals surface area contributed by atoms with E-state index < -0.39 is 9.04 Å². The van der Waals surface area contributed by atoms with Crippen molar-refractivity contribution in [3.8, 4) is 0 Å². The lowest BCUT2D eigenvalue weighted by atomic mass is 9.74. The molecule has 0 aromatic heterocycles. The highest BCUT2D eigenvalue weighted by atomic mass is 28.3. The summed E-state index contributed by atoms with van der Waals surface area (Å²) in [5.41, 5.74) is 0.692. The van der Waals surface area contributed by atoms with Crippen LogP contribution < -0.4 is 10.4 Å². The molecule has 5 heteroatoms. The van der Waals surface area contributed by atoms with E-state index in [1.165, 1.54) is 22.4 Å². The van der Waals surface area contributed by atoms with Crippen LogP contribution in [0.15, 0.2) is 72.2 Å². The Labute approximate surface area is 202 Å². The predicted octanol–water partition coefficient (Wildman–Crippen LogP) is 5.19. The van der Waals surface area contributed by atoms with Crippen LogP contribution in [0.25, 0.3) is 0 Å². The first-order valence-corrected chi connectivity index (χ1v) is 13.8. The van der Waals surface area contributed by atoms with E-state index in [1.807, 2.05) is 0 Å². The van der Waals surface area contributed by atoms with Gasteiger partial charge in [-0.25, -0.2) is 0 Å². The minimum Gasteiger partial charge on any atom is -0.404 e. The molecule has 3 nitrogen and oxygen atoms in total. The van der Waals surface area contributed by atoms with Crippen molar-refractivity contribution in [3.05, 3.63) is 72.2 Å². The largest absolute Gasteiger partial charge is 0.487 e. The van der Waals surface area contributed by atoms with Gasteiger partial charge in [0, 0.05) is 5.92 Å². The van der Waals surface area contributed by atoms with Gasteiger partial charge in [0.25, 0.3) is 9.04 Å².